The van der Waals surface area contributed by atoms with Crippen LogP contribution in [0.1, 0.15) is 66.2 Å². The number of carbonyl (C=O) groups is 1. The molecule has 1 fully saturated rings. The zero-order valence-electron chi connectivity index (χ0n) is 13.9. The van der Waals surface area contributed by atoms with Crippen LogP contribution in [0.4, 0.5) is 0 Å². The molecule has 2 aliphatic carbocycles. The van der Waals surface area contributed by atoms with E-state index in [2.05, 4.69) is 12.2 Å². The van der Waals surface area contributed by atoms with Gasteiger partial charge in [-0.3, -0.25) is 4.79 Å². The Kier molecular flexibility index (Phi) is 4.82. The Balaban J connectivity index is 1.93. The van der Waals surface area contributed by atoms with Gasteiger partial charge < -0.3 is 9.84 Å². The van der Waals surface area contributed by atoms with Gasteiger partial charge in [-0.15, -0.1) is 0 Å². The van der Waals surface area contributed by atoms with Gasteiger partial charge in [-0.1, -0.05) is 12.2 Å². The predicted octanol–water partition coefficient (Wildman–Crippen LogP) is 3.85. The maximum atomic E-state index is 12.0. The monoisotopic (exact) mass is 294 g/mol. The Morgan fingerprint density at radius 3 is 2.38 bits per heavy atom. The SMILES string of the molecule is CC(C)(C)OC(=O)CC(C)(O)C1CCC2CC=CCC2C1. The largest absolute Gasteiger partial charge is 0.460 e. The van der Waals surface area contributed by atoms with Crippen molar-refractivity contribution < 1.29 is 14.6 Å². The molecule has 0 aliphatic heterocycles. The minimum Gasteiger partial charge on any atom is -0.460 e. The minimum absolute atomic E-state index is 0.0994. The first-order valence-corrected chi connectivity index (χ1v) is 8.26. The lowest BCUT2D eigenvalue weighted by Gasteiger charge is -2.43. The molecule has 0 heterocycles. The first kappa shape index (κ1) is 16.5. The van der Waals surface area contributed by atoms with Crippen molar-refractivity contribution in [3.63, 3.8) is 0 Å². The van der Waals surface area contributed by atoms with Gasteiger partial charge in [0.15, 0.2) is 0 Å². The predicted molar refractivity (Wildman–Crippen MR) is 83.8 cm³/mol. The number of fused-ring (bicyclic) bond motifs is 1. The van der Waals surface area contributed by atoms with Crippen molar-refractivity contribution in [2.24, 2.45) is 17.8 Å². The summed E-state index contributed by atoms with van der Waals surface area (Å²) in [6.45, 7) is 7.39. The molecule has 2 aliphatic rings. The van der Waals surface area contributed by atoms with Crippen LogP contribution in [0.3, 0.4) is 0 Å². The molecule has 0 amide bonds. The second-order valence-electron chi connectivity index (χ2n) is 8.09. The maximum absolute atomic E-state index is 12.0. The van der Waals surface area contributed by atoms with Crippen LogP contribution >= 0.6 is 0 Å². The normalized spacial score (nSPS) is 32.1. The van der Waals surface area contributed by atoms with E-state index in [0.717, 1.165) is 25.2 Å². The molecule has 2 rings (SSSR count). The molecule has 21 heavy (non-hydrogen) atoms. The fourth-order valence-electron chi connectivity index (χ4n) is 3.85. The van der Waals surface area contributed by atoms with Crippen LogP contribution in [-0.4, -0.2) is 22.3 Å². The van der Waals surface area contributed by atoms with Crippen molar-refractivity contribution in [3.8, 4) is 0 Å². The molecular formula is C18H30O3. The minimum atomic E-state index is -0.950. The third-order valence-corrected chi connectivity index (χ3v) is 4.99. The highest BCUT2D eigenvalue weighted by molar-refractivity contribution is 5.71. The first-order chi connectivity index (χ1) is 9.67. The van der Waals surface area contributed by atoms with Gasteiger partial charge in [-0.2, -0.15) is 0 Å². The summed E-state index contributed by atoms with van der Waals surface area (Å²) in [7, 11) is 0. The summed E-state index contributed by atoms with van der Waals surface area (Å²) < 4.78 is 5.36. The number of ether oxygens (including phenoxy) is 1. The maximum Gasteiger partial charge on any atom is 0.309 e. The van der Waals surface area contributed by atoms with E-state index in [1.54, 1.807) is 6.92 Å². The quantitative estimate of drug-likeness (QED) is 0.635. The fourth-order valence-corrected chi connectivity index (χ4v) is 3.85. The molecule has 4 unspecified atom stereocenters. The summed E-state index contributed by atoms with van der Waals surface area (Å²) in [6.07, 6.45) is 10.2. The van der Waals surface area contributed by atoms with Crippen LogP contribution in [0, 0.1) is 17.8 Å². The van der Waals surface area contributed by atoms with Crippen LogP contribution in [-0.2, 0) is 9.53 Å². The summed E-state index contributed by atoms with van der Waals surface area (Å²) in [4.78, 5) is 12.0. The average molecular weight is 294 g/mol. The molecule has 0 aromatic carbocycles. The molecule has 3 heteroatoms. The molecule has 0 radical (unpaired) electrons. The second-order valence-corrected chi connectivity index (χ2v) is 8.09. The van der Waals surface area contributed by atoms with E-state index in [9.17, 15) is 9.90 Å². The molecule has 0 bridgehead atoms. The second kappa shape index (κ2) is 6.12. The highest BCUT2D eigenvalue weighted by Crippen LogP contribution is 2.44. The topological polar surface area (TPSA) is 46.5 Å². The summed E-state index contributed by atoms with van der Waals surface area (Å²) in [5.41, 5.74) is -1.44. The van der Waals surface area contributed by atoms with Crippen LogP contribution in [0.5, 0.6) is 0 Å². The highest BCUT2D eigenvalue weighted by Gasteiger charge is 2.41. The third kappa shape index (κ3) is 4.57. The Morgan fingerprint density at radius 1 is 1.14 bits per heavy atom. The van der Waals surface area contributed by atoms with Gasteiger partial charge in [-0.05, 0) is 77.6 Å². The van der Waals surface area contributed by atoms with Crippen LogP contribution in [0.2, 0.25) is 0 Å². The zero-order valence-corrected chi connectivity index (χ0v) is 13.9. The van der Waals surface area contributed by atoms with E-state index in [-0.39, 0.29) is 18.3 Å². The number of esters is 1. The Labute approximate surface area is 128 Å². The van der Waals surface area contributed by atoms with E-state index in [1.807, 2.05) is 20.8 Å². The number of carbonyl (C=O) groups excluding carboxylic acids is 1. The van der Waals surface area contributed by atoms with Gasteiger partial charge in [0.1, 0.15) is 5.60 Å². The molecule has 0 aromatic rings. The van der Waals surface area contributed by atoms with Gasteiger partial charge in [-0.25, -0.2) is 0 Å². The van der Waals surface area contributed by atoms with Crippen LogP contribution in [0.25, 0.3) is 0 Å². The zero-order chi connectivity index (χ0) is 15.7. The van der Waals surface area contributed by atoms with Gasteiger partial charge in [0.2, 0.25) is 0 Å². The van der Waals surface area contributed by atoms with E-state index in [4.69, 9.17) is 4.74 Å². The molecule has 0 spiro atoms. The lowest BCUT2D eigenvalue weighted by Crippen LogP contribution is -2.43. The van der Waals surface area contributed by atoms with Gasteiger partial charge in [0.25, 0.3) is 0 Å². The first-order valence-electron chi connectivity index (χ1n) is 8.26. The smallest absolute Gasteiger partial charge is 0.309 e. The molecule has 1 saturated carbocycles. The number of allylic oxidation sites excluding steroid dienone is 2. The van der Waals surface area contributed by atoms with Crippen molar-refractivity contribution in [2.75, 3.05) is 0 Å². The van der Waals surface area contributed by atoms with Crippen molar-refractivity contribution in [1.82, 2.24) is 0 Å². The molecule has 120 valence electrons. The molecule has 0 aromatic heterocycles. The van der Waals surface area contributed by atoms with Crippen molar-refractivity contribution in [1.29, 1.82) is 0 Å². The third-order valence-electron chi connectivity index (χ3n) is 4.99. The van der Waals surface area contributed by atoms with Gasteiger partial charge >= 0.3 is 5.97 Å². The van der Waals surface area contributed by atoms with Crippen molar-refractivity contribution in [2.45, 2.75) is 77.4 Å². The van der Waals surface area contributed by atoms with Gasteiger partial charge in [0, 0.05) is 0 Å². The number of hydrogen-bond acceptors (Lipinski definition) is 3. The van der Waals surface area contributed by atoms with E-state index < -0.39 is 11.2 Å². The summed E-state index contributed by atoms with van der Waals surface area (Å²) >= 11 is 0. The lowest BCUT2D eigenvalue weighted by molar-refractivity contribution is -0.162. The average Bonchev–Trinajstić information content (AvgIpc) is 2.35. The van der Waals surface area contributed by atoms with Crippen molar-refractivity contribution in [3.05, 3.63) is 12.2 Å². The standard InChI is InChI=1S/C18H30O3/c1-17(2,3)21-16(19)12-18(4,20)15-10-9-13-7-5-6-8-14(13)11-15/h5-6,13-15,20H,7-12H2,1-4H3. The summed E-state index contributed by atoms with van der Waals surface area (Å²) in [5, 5.41) is 10.8. The summed E-state index contributed by atoms with van der Waals surface area (Å²) in [5.74, 6) is 1.37. The van der Waals surface area contributed by atoms with Crippen molar-refractivity contribution >= 4 is 5.97 Å². The molecule has 3 nitrogen and oxygen atoms in total. The number of hydrogen-bond donors (Lipinski definition) is 1. The van der Waals surface area contributed by atoms with E-state index in [1.165, 1.54) is 12.8 Å². The van der Waals surface area contributed by atoms with Gasteiger partial charge in [0.05, 0.1) is 12.0 Å². The van der Waals surface area contributed by atoms with Crippen LogP contribution in [0.15, 0.2) is 12.2 Å². The fraction of sp³-hybridized carbons (Fsp3) is 0.833. The van der Waals surface area contributed by atoms with Crippen LogP contribution < -0.4 is 0 Å². The Hall–Kier alpha value is -0.830. The molecule has 0 saturated heterocycles. The molecule has 1 N–H and O–H groups in total. The molecule has 4 atom stereocenters. The Bertz CT molecular complexity index is 403. The van der Waals surface area contributed by atoms with E-state index >= 15 is 0 Å². The number of aliphatic hydroxyl groups is 1. The number of rotatable bonds is 3. The van der Waals surface area contributed by atoms with E-state index in [0.29, 0.717) is 5.92 Å². The Morgan fingerprint density at radius 2 is 1.76 bits per heavy atom. The lowest BCUT2D eigenvalue weighted by atomic mass is 9.65. The molecular weight excluding hydrogens is 264 g/mol. The summed E-state index contributed by atoms with van der Waals surface area (Å²) in [6, 6.07) is 0. The highest BCUT2D eigenvalue weighted by atomic mass is 16.6.